The van der Waals surface area contributed by atoms with Crippen LogP contribution < -0.4 is 0 Å². The fraction of sp³-hybridized carbons (Fsp3) is 0.787. The summed E-state index contributed by atoms with van der Waals surface area (Å²) < 4.78 is 22.1. The molecule has 1 aliphatic rings. The van der Waals surface area contributed by atoms with Crippen molar-refractivity contribution >= 4 is 11.9 Å². The van der Waals surface area contributed by atoms with Crippen LogP contribution in [-0.2, 0) is 28.5 Å². The highest BCUT2D eigenvalue weighted by Gasteiger charge is 2.44. The van der Waals surface area contributed by atoms with Gasteiger partial charge in [0.25, 0.3) is 0 Å². The topological polar surface area (TPSA) is 152 Å². The number of allylic oxidation sites excluding steroid dienone is 8. The molecule has 0 amide bonds. The third-order valence-corrected chi connectivity index (χ3v) is 10.2. The highest BCUT2D eigenvalue weighted by atomic mass is 16.7. The number of hydrogen-bond donors (Lipinski definition) is 4. The van der Waals surface area contributed by atoms with E-state index < -0.39 is 49.4 Å². The van der Waals surface area contributed by atoms with Crippen LogP contribution in [0.5, 0.6) is 0 Å². The summed E-state index contributed by atoms with van der Waals surface area (Å²) in [6.45, 7) is 3.29. The van der Waals surface area contributed by atoms with Gasteiger partial charge in [-0.15, -0.1) is 0 Å². The van der Waals surface area contributed by atoms with Crippen LogP contribution >= 0.6 is 0 Å². The first-order chi connectivity index (χ1) is 27.8. The average Bonchev–Trinajstić information content (AvgIpc) is 3.21. The Bertz CT molecular complexity index is 1070. The Labute approximate surface area is 346 Å². The van der Waals surface area contributed by atoms with E-state index in [0.29, 0.717) is 6.42 Å². The highest BCUT2D eigenvalue weighted by Crippen LogP contribution is 2.22. The fourth-order valence-electron chi connectivity index (χ4n) is 6.65. The third kappa shape index (κ3) is 29.5. The molecule has 0 spiro atoms. The van der Waals surface area contributed by atoms with E-state index in [-0.39, 0.29) is 32.0 Å². The lowest BCUT2D eigenvalue weighted by atomic mass is 9.99. The summed E-state index contributed by atoms with van der Waals surface area (Å²) in [5, 5.41) is 40.1. The lowest BCUT2D eigenvalue weighted by molar-refractivity contribution is -0.305. The van der Waals surface area contributed by atoms with E-state index in [0.717, 1.165) is 83.5 Å². The number of carbonyl (C=O) groups excluding carboxylic acids is 2. The summed E-state index contributed by atoms with van der Waals surface area (Å²) in [5.74, 6) is -0.821. The van der Waals surface area contributed by atoms with Crippen LogP contribution in [0, 0.1) is 0 Å². The van der Waals surface area contributed by atoms with Crippen LogP contribution in [0.4, 0.5) is 0 Å². The first-order valence-corrected chi connectivity index (χ1v) is 22.7. The van der Waals surface area contributed by atoms with Crippen molar-refractivity contribution in [2.24, 2.45) is 0 Å². The van der Waals surface area contributed by atoms with Crippen molar-refractivity contribution in [2.45, 2.75) is 218 Å². The Balaban J connectivity index is 2.33. The number of aliphatic hydroxyl groups is 4. The molecule has 1 saturated heterocycles. The molecule has 0 aromatic carbocycles. The molecule has 0 saturated carbocycles. The normalized spacial score (nSPS) is 20.7. The van der Waals surface area contributed by atoms with Gasteiger partial charge in [-0.2, -0.15) is 0 Å². The molecule has 10 heteroatoms. The molecule has 1 rings (SSSR count). The molecule has 6 atom stereocenters. The van der Waals surface area contributed by atoms with Gasteiger partial charge in [-0.1, -0.05) is 165 Å². The number of aliphatic hydroxyl groups excluding tert-OH is 4. The van der Waals surface area contributed by atoms with E-state index in [1.807, 2.05) is 0 Å². The predicted molar refractivity (Wildman–Crippen MR) is 229 cm³/mol. The van der Waals surface area contributed by atoms with Crippen molar-refractivity contribution in [3.8, 4) is 0 Å². The van der Waals surface area contributed by atoms with Gasteiger partial charge in [-0.3, -0.25) is 9.59 Å². The first kappa shape index (κ1) is 52.7. The van der Waals surface area contributed by atoms with Crippen LogP contribution in [0.25, 0.3) is 0 Å². The first-order valence-electron chi connectivity index (χ1n) is 22.7. The van der Waals surface area contributed by atoms with Crippen molar-refractivity contribution in [3.05, 3.63) is 48.6 Å². The summed E-state index contributed by atoms with van der Waals surface area (Å²) in [4.78, 5) is 25.3. The molecule has 1 fully saturated rings. The van der Waals surface area contributed by atoms with Crippen LogP contribution in [0.1, 0.15) is 181 Å². The molecular formula is C47H82O10. The number of carbonyl (C=O) groups is 2. The maximum Gasteiger partial charge on any atom is 0.306 e. The van der Waals surface area contributed by atoms with Gasteiger partial charge < -0.3 is 39.4 Å². The van der Waals surface area contributed by atoms with Gasteiger partial charge in [0.05, 0.1) is 13.2 Å². The number of ether oxygens (including phenoxy) is 4. The smallest absolute Gasteiger partial charge is 0.306 e. The summed E-state index contributed by atoms with van der Waals surface area (Å²) >= 11 is 0. The standard InChI is InChI=1S/C47H82O10/c1-3-5-7-9-11-13-15-17-18-19-20-21-22-24-26-28-30-32-34-36-43(50)56-40(39-55-47-46(53)45(52)44(51)41(37-48)57-47)38-54-42(49)35-33-31-29-27-25-23-16-14-12-10-8-6-4-2/h5,7,11,13,17-18,20-21,40-41,44-48,51-53H,3-4,6,8-10,12,14-16,19,22-39H2,1-2H3/b7-5-,13-11-,18-17-,21-20-. The summed E-state index contributed by atoms with van der Waals surface area (Å²) in [6, 6.07) is 0. The van der Waals surface area contributed by atoms with E-state index in [1.54, 1.807) is 0 Å². The number of esters is 2. The zero-order chi connectivity index (χ0) is 41.6. The van der Waals surface area contributed by atoms with Crippen molar-refractivity contribution < 1.29 is 49.0 Å². The molecule has 0 aromatic heterocycles. The SMILES string of the molecule is CC/C=C\C/C=C\C/C=C\C/C=C\CCCCCCCCC(=O)OC(COC(=O)CCCCCCCCCCCCCCC)COC1OC(CO)C(O)C(O)C1O. The second-order valence-corrected chi connectivity index (χ2v) is 15.5. The lowest BCUT2D eigenvalue weighted by Gasteiger charge is -2.39. The zero-order valence-electron chi connectivity index (χ0n) is 35.8. The Morgan fingerprint density at radius 1 is 0.561 bits per heavy atom. The lowest BCUT2D eigenvalue weighted by Crippen LogP contribution is -2.59. The number of hydrogen-bond acceptors (Lipinski definition) is 10. The monoisotopic (exact) mass is 807 g/mol. The van der Waals surface area contributed by atoms with Crippen LogP contribution in [-0.4, -0.2) is 89.0 Å². The maximum absolute atomic E-state index is 12.8. The molecule has 1 aliphatic heterocycles. The Morgan fingerprint density at radius 3 is 1.56 bits per heavy atom. The highest BCUT2D eigenvalue weighted by molar-refractivity contribution is 5.70. The van der Waals surface area contributed by atoms with Gasteiger partial charge in [-0.05, 0) is 51.4 Å². The maximum atomic E-state index is 12.8. The van der Waals surface area contributed by atoms with Gasteiger partial charge in [0.1, 0.15) is 31.0 Å². The molecule has 6 unspecified atom stereocenters. The molecule has 0 radical (unpaired) electrons. The minimum absolute atomic E-state index is 0.214. The van der Waals surface area contributed by atoms with Crippen LogP contribution in [0.3, 0.4) is 0 Å². The third-order valence-electron chi connectivity index (χ3n) is 10.2. The van der Waals surface area contributed by atoms with Crippen molar-refractivity contribution in [3.63, 3.8) is 0 Å². The molecule has 0 aromatic rings. The van der Waals surface area contributed by atoms with Gasteiger partial charge in [0, 0.05) is 12.8 Å². The van der Waals surface area contributed by atoms with Crippen molar-refractivity contribution in [1.29, 1.82) is 0 Å². The molecule has 57 heavy (non-hydrogen) atoms. The quantitative estimate of drug-likeness (QED) is 0.0271. The zero-order valence-corrected chi connectivity index (χ0v) is 35.8. The number of rotatable bonds is 37. The Hall–Kier alpha value is -2.34. The molecule has 4 N–H and O–H groups in total. The molecular weight excluding hydrogens is 725 g/mol. The predicted octanol–water partition coefficient (Wildman–Crippen LogP) is 9.67. The average molecular weight is 807 g/mol. The minimum atomic E-state index is -1.60. The van der Waals surface area contributed by atoms with Gasteiger partial charge in [-0.25, -0.2) is 0 Å². The second kappa shape index (κ2) is 37.9. The van der Waals surface area contributed by atoms with E-state index in [9.17, 15) is 30.0 Å². The van der Waals surface area contributed by atoms with Crippen molar-refractivity contribution in [2.75, 3.05) is 19.8 Å². The van der Waals surface area contributed by atoms with Gasteiger partial charge in [0.15, 0.2) is 12.4 Å². The molecule has 0 bridgehead atoms. The fourth-order valence-corrected chi connectivity index (χ4v) is 6.65. The second-order valence-electron chi connectivity index (χ2n) is 15.5. The van der Waals surface area contributed by atoms with Gasteiger partial charge >= 0.3 is 11.9 Å². The van der Waals surface area contributed by atoms with E-state index >= 15 is 0 Å². The van der Waals surface area contributed by atoms with Crippen molar-refractivity contribution in [1.82, 2.24) is 0 Å². The van der Waals surface area contributed by atoms with Crippen LogP contribution in [0.2, 0.25) is 0 Å². The minimum Gasteiger partial charge on any atom is -0.462 e. The Kier molecular flexibility index (Phi) is 35.0. The largest absolute Gasteiger partial charge is 0.462 e. The molecule has 1 heterocycles. The summed E-state index contributed by atoms with van der Waals surface area (Å²) in [5.41, 5.74) is 0. The Morgan fingerprint density at radius 2 is 1.04 bits per heavy atom. The summed E-state index contributed by atoms with van der Waals surface area (Å²) in [7, 11) is 0. The molecule has 330 valence electrons. The summed E-state index contributed by atoms with van der Waals surface area (Å²) in [6.07, 6.45) is 36.8. The van der Waals surface area contributed by atoms with E-state index in [2.05, 4.69) is 62.5 Å². The molecule has 10 nitrogen and oxygen atoms in total. The number of unbranched alkanes of at least 4 members (excludes halogenated alkanes) is 18. The molecule has 0 aliphatic carbocycles. The van der Waals surface area contributed by atoms with Gasteiger partial charge in [0.2, 0.25) is 0 Å². The van der Waals surface area contributed by atoms with Crippen LogP contribution in [0.15, 0.2) is 48.6 Å². The van der Waals surface area contributed by atoms with E-state index in [1.165, 1.54) is 64.2 Å². The van der Waals surface area contributed by atoms with E-state index in [4.69, 9.17) is 18.9 Å².